The third-order valence-corrected chi connectivity index (χ3v) is 3.52. The predicted octanol–water partition coefficient (Wildman–Crippen LogP) is 1.77. The second-order valence-electron chi connectivity index (χ2n) is 5.14. The van der Waals surface area contributed by atoms with Gasteiger partial charge in [-0.1, -0.05) is 12.1 Å². The summed E-state index contributed by atoms with van der Waals surface area (Å²) in [5, 5.41) is 8.79. The van der Waals surface area contributed by atoms with Crippen LogP contribution in [0.5, 0.6) is 0 Å². The van der Waals surface area contributed by atoms with Crippen LogP contribution in [0.3, 0.4) is 0 Å². The van der Waals surface area contributed by atoms with Gasteiger partial charge in [0.25, 0.3) is 5.91 Å². The van der Waals surface area contributed by atoms with E-state index in [0.717, 1.165) is 12.0 Å². The summed E-state index contributed by atoms with van der Waals surface area (Å²) in [6.45, 7) is 1.63. The lowest BCUT2D eigenvalue weighted by Gasteiger charge is -2.16. The molecular weight excluding hydrogens is 258 g/mol. The molecule has 5 nitrogen and oxygen atoms in total. The Balaban J connectivity index is 2.01. The Morgan fingerprint density at radius 1 is 1.45 bits per heavy atom. The minimum atomic E-state index is -0.800. The van der Waals surface area contributed by atoms with Crippen molar-refractivity contribution in [3.05, 3.63) is 35.4 Å². The lowest BCUT2D eigenvalue weighted by molar-refractivity contribution is -0.138. The summed E-state index contributed by atoms with van der Waals surface area (Å²) in [4.78, 5) is 24.8. The molecule has 0 aliphatic carbocycles. The second kappa shape index (κ2) is 6.52. The molecule has 1 atom stereocenters. The number of carbonyl (C=O) groups excluding carboxylic acids is 1. The Labute approximate surface area is 118 Å². The first-order chi connectivity index (χ1) is 9.60. The summed E-state index contributed by atoms with van der Waals surface area (Å²) in [5.41, 5.74) is 1.59. The van der Waals surface area contributed by atoms with E-state index >= 15 is 0 Å². The van der Waals surface area contributed by atoms with Gasteiger partial charge in [0.15, 0.2) is 0 Å². The van der Waals surface area contributed by atoms with Crippen LogP contribution in [0, 0.1) is 5.92 Å². The highest BCUT2D eigenvalue weighted by molar-refractivity contribution is 5.94. The van der Waals surface area contributed by atoms with E-state index in [2.05, 4.69) is 0 Å². The van der Waals surface area contributed by atoms with Gasteiger partial charge in [0.1, 0.15) is 0 Å². The molecule has 1 aromatic carbocycles. The minimum absolute atomic E-state index is 0.0316. The molecule has 1 fully saturated rings. The van der Waals surface area contributed by atoms with Crippen LogP contribution in [0.25, 0.3) is 0 Å². The van der Waals surface area contributed by atoms with E-state index in [4.69, 9.17) is 9.84 Å². The molecule has 1 aromatic rings. The molecule has 2 rings (SSSR count). The molecule has 0 spiro atoms. The molecule has 1 heterocycles. The van der Waals surface area contributed by atoms with Gasteiger partial charge < -0.3 is 14.7 Å². The molecule has 108 valence electrons. The number of hydrogen-bond donors (Lipinski definition) is 1. The van der Waals surface area contributed by atoms with Crippen molar-refractivity contribution in [2.24, 2.45) is 5.92 Å². The van der Waals surface area contributed by atoms with Crippen molar-refractivity contribution in [3.8, 4) is 0 Å². The molecule has 0 saturated carbocycles. The molecule has 5 heteroatoms. The van der Waals surface area contributed by atoms with Crippen molar-refractivity contribution < 1.29 is 19.4 Å². The van der Waals surface area contributed by atoms with Crippen LogP contribution in [0.15, 0.2) is 24.3 Å². The van der Waals surface area contributed by atoms with Crippen molar-refractivity contribution in [3.63, 3.8) is 0 Å². The smallest absolute Gasteiger partial charge is 0.303 e. The number of rotatable bonds is 5. The largest absolute Gasteiger partial charge is 0.481 e. The third kappa shape index (κ3) is 3.57. The van der Waals surface area contributed by atoms with Crippen LogP contribution in [0.4, 0.5) is 0 Å². The number of aliphatic carboxylic acids is 1. The van der Waals surface area contributed by atoms with E-state index in [1.54, 1.807) is 18.1 Å². The summed E-state index contributed by atoms with van der Waals surface area (Å²) < 4.78 is 5.06. The van der Waals surface area contributed by atoms with Crippen molar-refractivity contribution >= 4 is 11.9 Å². The molecule has 0 radical (unpaired) electrons. The van der Waals surface area contributed by atoms with Gasteiger partial charge in [-0.25, -0.2) is 0 Å². The zero-order valence-corrected chi connectivity index (χ0v) is 11.5. The van der Waals surface area contributed by atoms with Gasteiger partial charge in [-0.15, -0.1) is 0 Å². The fourth-order valence-electron chi connectivity index (χ4n) is 2.57. The van der Waals surface area contributed by atoms with Gasteiger partial charge >= 0.3 is 5.97 Å². The highest BCUT2D eigenvalue weighted by Gasteiger charge is 2.28. The van der Waals surface area contributed by atoms with Crippen LogP contribution in [-0.2, 0) is 16.1 Å². The Kier molecular flexibility index (Phi) is 4.74. The monoisotopic (exact) mass is 277 g/mol. The van der Waals surface area contributed by atoms with Gasteiger partial charge in [-0.2, -0.15) is 0 Å². The number of methoxy groups -OCH3 is 1. The molecule has 0 aromatic heterocycles. The lowest BCUT2D eigenvalue weighted by Crippen LogP contribution is -2.29. The van der Waals surface area contributed by atoms with Crippen molar-refractivity contribution in [1.29, 1.82) is 0 Å². The van der Waals surface area contributed by atoms with Crippen LogP contribution < -0.4 is 0 Å². The maximum absolute atomic E-state index is 12.4. The maximum atomic E-state index is 12.4. The number of hydrogen-bond acceptors (Lipinski definition) is 3. The Morgan fingerprint density at radius 2 is 2.25 bits per heavy atom. The third-order valence-electron chi connectivity index (χ3n) is 3.52. The SMILES string of the molecule is COCc1cccc(C(=O)N2CCC(CC(=O)O)C2)c1. The molecule has 1 aliphatic rings. The first-order valence-electron chi connectivity index (χ1n) is 6.69. The molecular formula is C15H19NO4. The van der Waals surface area contributed by atoms with Crippen LogP contribution >= 0.6 is 0 Å². The van der Waals surface area contributed by atoms with E-state index in [9.17, 15) is 9.59 Å². The Morgan fingerprint density at radius 3 is 2.95 bits per heavy atom. The second-order valence-corrected chi connectivity index (χ2v) is 5.14. The fraction of sp³-hybridized carbons (Fsp3) is 0.467. The number of ether oxygens (including phenoxy) is 1. The molecule has 20 heavy (non-hydrogen) atoms. The predicted molar refractivity (Wildman–Crippen MR) is 73.4 cm³/mol. The molecule has 1 amide bonds. The first-order valence-corrected chi connectivity index (χ1v) is 6.69. The van der Waals surface area contributed by atoms with E-state index in [1.165, 1.54) is 0 Å². The standard InChI is InChI=1S/C15H19NO4/c1-20-10-12-3-2-4-13(7-12)15(19)16-6-5-11(9-16)8-14(17)18/h2-4,7,11H,5-6,8-10H2,1H3,(H,17,18). The van der Waals surface area contributed by atoms with Crippen LogP contribution in [-0.4, -0.2) is 42.1 Å². The summed E-state index contributed by atoms with van der Waals surface area (Å²) in [7, 11) is 1.62. The molecule has 0 bridgehead atoms. The summed E-state index contributed by atoms with van der Waals surface area (Å²) in [6, 6.07) is 7.37. The average molecular weight is 277 g/mol. The van der Waals surface area contributed by atoms with Crippen molar-refractivity contribution in [2.45, 2.75) is 19.4 Å². The highest BCUT2D eigenvalue weighted by Crippen LogP contribution is 2.21. The molecule has 1 saturated heterocycles. The normalized spacial score (nSPS) is 18.2. The van der Waals surface area contributed by atoms with E-state index in [0.29, 0.717) is 25.3 Å². The lowest BCUT2D eigenvalue weighted by atomic mass is 10.1. The highest BCUT2D eigenvalue weighted by atomic mass is 16.5. The average Bonchev–Trinajstić information content (AvgIpc) is 2.86. The number of amides is 1. The molecule has 1 N–H and O–H groups in total. The number of carboxylic acid groups (broad SMARTS) is 1. The number of nitrogens with zero attached hydrogens (tertiary/aromatic N) is 1. The summed E-state index contributed by atoms with van der Waals surface area (Å²) >= 11 is 0. The Bertz CT molecular complexity index is 500. The molecule has 1 aliphatic heterocycles. The zero-order valence-electron chi connectivity index (χ0n) is 11.5. The first kappa shape index (κ1) is 14.5. The number of carboxylic acids is 1. The number of carbonyl (C=O) groups is 2. The van der Waals surface area contributed by atoms with E-state index in [1.807, 2.05) is 18.2 Å². The minimum Gasteiger partial charge on any atom is -0.481 e. The number of likely N-dealkylation sites (tertiary alicyclic amines) is 1. The zero-order chi connectivity index (χ0) is 14.5. The summed E-state index contributed by atoms with van der Waals surface area (Å²) in [5.74, 6) is -0.763. The maximum Gasteiger partial charge on any atom is 0.303 e. The van der Waals surface area contributed by atoms with Crippen molar-refractivity contribution in [2.75, 3.05) is 20.2 Å². The fourth-order valence-corrected chi connectivity index (χ4v) is 2.57. The van der Waals surface area contributed by atoms with Gasteiger partial charge in [0.05, 0.1) is 6.61 Å². The van der Waals surface area contributed by atoms with Gasteiger partial charge in [0.2, 0.25) is 0 Å². The summed E-state index contributed by atoms with van der Waals surface area (Å²) in [6.07, 6.45) is 0.892. The quantitative estimate of drug-likeness (QED) is 0.890. The molecule has 1 unspecified atom stereocenters. The van der Waals surface area contributed by atoms with Gasteiger partial charge in [-0.3, -0.25) is 9.59 Å². The Hall–Kier alpha value is -1.88. The van der Waals surface area contributed by atoms with Gasteiger partial charge in [-0.05, 0) is 30.0 Å². The topological polar surface area (TPSA) is 66.8 Å². The van der Waals surface area contributed by atoms with Crippen molar-refractivity contribution in [1.82, 2.24) is 4.90 Å². The van der Waals surface area contributed by atoms with E-state index in [-0.39, 0.29) is 18.2 Å². The van der Waals surface area contributed by atoms with Crippen LogP contribution in [0.2, 0.25) is 0 Å². The van der Waals surface area contributed by atoms with Crippen LogP contribution in [0.1, 0.15) is 28.8 Å². The van der Waals surface area contributed by atoms with E-state index < -0.39 is 5.97 Å². The number of benzene rings is 1. The van der Waals surface area contributed by atoms with Gasteiger partial charge in [0, 0.05) is 32.2 Å².